The van der Waals surface area contributed by atoms with E-state index in [1.54, 1.807) is 0 Å². The number of aryl methyl sites for hydroxylation is 1. The Bertz CT molecular complexity index is 477. The molecule has 4 nitrogen and oxygen atoms in total. The van der Waals surface area contributed by atoms with Crippen LogP contribution < -0.4 is 5.32 Å². The van der Waals surface area contributed by atoms with Crippen molar-refractivity contribution in [3.8, 4) is 0 Å². The molecule has 0 aliphatic carbocycles. The van der Waals surface area contributed by atoms with Gasteiger partial charge in [-0.25, -0.2) is 0 Å². The zero-order valence-corrected chi connectivity index (χ0v) is 13.2. The lowest BCUT2D eigenvalue weighted by molar-refractivity contribution is -0.139. The summed E-state index contributed by atoms with van der Waals surface area (Å²) in [5, 5.41) is 3.43. The summed E-state index contributed by atoms with van der Waals surface area (Å²) >= 11 is 0. The number of hydrogen-bond acceptors (Lipinski definition) is 3. The lowest BCUT2D eigenvalue weighted by Crippen LogP contribution is -2.62. The first-order valence-electron chi connectivity index (χ1n) is 8.49. The Labute approximate surface area is 132 Å². The molecule has 0 saturated carbocycles. The Morgan fingerprint density at radius 1 is 1.18 bits per heavy atom. The van der Waals surface area contributed by atoms with Crippen molar-refractivity contribution in [3.05, 3.63) is 35.9 Å². The van der Waals surface area contributed by atoms with Gasteiger partial charge in [0.15, 0.2) is 0 Å². The average Bonchev–Trinajstić information content (AvgIpc) is 2.56. The largest absolute Gasteiger partial charge is 0.380 e. The van der Waals surface area contributed by atoms with Crippen LogP contribution in [0.5, 0.6) is 0 Å². The van der Waals surface area contributed by atoms with Gasteiger partial charge in [0, 0.05) is 25.7 Å². The van der Waals surface area contributed by atoms with Crippen molar-refractivity contribution in [1.29, 1.82) is 0 Å². The minimum Gasteiger partial charge on any atom is -0.380 e. The molecule has 1 N–H and O–H groups in total. The predicted octanol–water partition coefficient (Wildman–Crippen LogP) is 1.99. The van der Waals surface area contributed by atoms with Crippen LogP contribution in [0.2, 0.25) is 0 Å². The quantitative estimate of drug-likeness (QED) is 0.783. The molecule has 2 fully saturated rings. The Hall–Kier alpha value is -1.39. The van der Waals surface area contributed by atoms with Crippen LogP contribution in [0.3, 0.4) is 0 Å². The molecule has 2 atom stereocenters. The molecule has 0 spiro atoms. The van der Waals surface area contributed by atoms with Gasteiger partial charge in [0.05, 0.1) is 12.6 Å². The first-order valence-corrected chi connectivity index (χ1v) is 8.49. The second kappa shape index (κ2) is 7.75. The smallest absolute Gasteiger partial charge is 0.239 e. The summed E-state index contributed by atoms with van der Waals surface area (Å²) in [5.41, 5.74) is 1.36. The van der Waals surface area contributed by atoms with Crippen LogP contribution in [0.15, 0.2) is 30.3 Å². The zero-order chi connectivity index (χ0) is 15.2. The highest BCUT2D eigenvalue weighted by molar-refractivity contribution is 5.83. The van der Waals surface area contributed by atoms with E-state index >= 15 is 0 Å². The van der Waals surface area contributed by atoms with E-state index in [4.69, 9.17) is 4.74 Å². The molecule has 2 saturated heterocycles. The van der Waals surface area contributed by atoms with Crippen LogP contribution in [-0.2, 0) is 16.0 Å². The SMILES string of the molecule is O=C1C2CCCC(CN1CCOCCCc1ccccc1)N2. The molecule has 3 rings (SSSR count). The summed E-state index contributed by atoms with van der Waals surface area (Å²) < 4.78 is 5.71. The van der Waals surface area contributed by atoms with Crippen molar-refractivity contribution in [2.24, 2.45) is 0 Å². The molecule has 0 aromatic heterocycles. The highest BCUT2D eigenvalue weighted by Crippen LogP contribution is 2.20. The summed E-state index contributed by atoms with van der Waals surface area (Å²) in [7, 11) is 0. The number of fused-ring (bicyclic) bond motifs is 2. The van der Waals surface area contributed by atoms with Crippen LogP contribution in [0.1, 0.15) is 31.2 Å². The molecule has 22 heavy (non-hydrogen) atoms. The molecule has 120 valence electrons. The number of carbonyl (C=O) groups is 1. The van der Waals surface area contributed by atoms with Crippen molar-refractivity contribution in [1.82, 2.24) is 10.2 Å². The van der Waals surface area contributed by atoms with Crippen molar-refractivity contribution >= 4 is 5.91 Å². The lowest BCUT2D eigenvalue weighted by Gasteiger charge is -2.41. The molecule has 2 unspecified atom stereocenters. The number of amides is 1. The predicted molar refractivity (Wildman–Crippen MR) is 86.7 cm³/mol. The van der Waals surface area contributed by atoms with Gasteiger partial charge in [-0.2, -0.15) is 0 Å². The number of benzene rings is 1. The maximum Gasteiger partial charge on any atom is 0.239 e. The number of rotatable bonds is 7. The lowest BCUT2D eigenvalue weighted by atomic mass is 9.93. The first-order chi connectivity index (χ1) is 10.8. The monoisotopic (exact) mass is 302 g/mol. The molecule has 1 amide bonds. The van der Waals surface area contributed by atoms with Gasteiger partial charge >= 0.3 is 0 Å². The summed E-state index contributed by atoms with van der Waals surface area (Å²) in [6.07, 6.45) is 5.45. The minimum absolute atomic E-state index is 0.0607. The fourth-order valence-electron chi connectivity index (χ4n) is 3.44. The number of nitrogens with zero attached hydrogens (tertiary/aromatic N) is 1. The van der Waals surface area contributed by atoms with Crippen LogP contribution >= 0.6 is 0 Å². The Balaban J connectivity index is 1.31. The van der Waals surface area contributed by atoms with Gasteiger partial charge in [-0.15, -0.1) is 0 Å². The van der Waals surface area contributed by atoms with Crippen LogP contribution in [-0.4, -0.2) is 49.2 Å². The van der Waals surface area contributed by atoms with Crippen molar-refractivity contribution < 1.29 is 9.53 Å². The van der Waals surface area contributed by atoms with Crippen molar-refractivity contribution in [2.45, 2.75) is 44.2 Å². The maximum absolute atomic E-state index is 12.2. The first kappa shape index (κ1) is 15.5. The number of carbonyl (C=O) groups excluding carboxylic acids is 1. The van der Waals surface area contributed by atoms with Crippen LogP contribution in [0.4, 0.5) is 0 Å². The molecule has 0 radical (unpaired) electrons. The molecule has 1 aromatic carbocycles. The molecular weight excluding hydrogens is 276 g/mol. The van der Waals surface area contributed by atoms with Gasteiger partial charge in [0.1, 0.15) is 0 Å². The Kier molecular flexibility index (Phi) is 5.46. The number of likely N-dealkylation sites (tertiary alicyclic amines) is 1. The van der Waals surface area contributed by atoms with E-state index in [-0.39, 0.29) is 11.9 Å². The summed E-state index contributed by atoms with van der Waals surface area (Å²) in [4.78, 5) is 14.2. The van der Waals surface area contributed by atoms with E-state index in [2.05, 4.69) is 29.6 Å². The molecule has 2 aliphatic heterocycles. The van der Waals surface area contributed by atoms with E-state index in [1.807, 2.05) is 11.0 Å². The van der Waals surface area contributed by atoms with Gasteiger partial charge in [-0.1, -0.05) is 30.3 Å². The Morgan fingerprint density at radius 3 is 2.91 bits per heavy atom. The average molecular weight is 302 g/mol. The standard InChI is InChI=1S/C18H26N2O2/c21-18-17-10-4-9-16(19-17)14-20(18)11-13-22-12-5-8-15-6-2-1-3-7-15/h1-3,6-7,16-17,19H,4-5,8-14H2. The number of piperazine rings is 1. The van der Waals surface area contributed by atoms with Gasteiger partial charge in [-0.05, 0) is 37.7 Å². The van der Waals surface area contributed by atoms with Gasteiger partial charge in [0.25, 0.3) is 0 Å². The number of hydrogen-bond donors (Lipinski definition) is 1. The third kappa shape index (κ3) is 4.08. The molecule has 4 heteroatoms. The summed E-state index contributed by atoms with van der Waals surface area (Å²) in [5.74, 6) is 0.267. The number of piperidine rings is 1. The zero-order valence-electron chi connectivity index (χ0n) is 13.2. The summed E-state index contributed by atoms with van der Waals surface area (Å²) in [6, 6.07) is 11.0. The maximum atomic E-state index is 12.2. The normalized spacial score (nSPS) is 24.5. The molecular formula is C18H26N2O2. The Morgan fingerprint density at radius 2 is 2.05 bits per heavy atom. The van der Waals surface area contributed by atoms with Gasteiger partial charge in [-0.3, -0.25) is 4.79 Å². The third-order valence-electron chi connectivity index (χ3n) is 4.64. The highest BCUT2D eigenvalue weighted by atomic mass is 16.5. The molecule has 1 aromatic rings. The fourth-order valence-corrected chi connectivity index (χ4v) is 3.44. The topological polar surface area (TPSA) is 41.6 Å². The molecule has 2 aliphatic rings. The molecule has 2 bridgehead atoms. The van der Waals surface area contributed by atoms with Crippen molar-refractivity contribution in [3.63, 3.8) is 0 Å². The minimum atomic E-state index is 0.0607. The fraction of sp³-hybridized carbons (Fsp3) is 0.611. The second-order valence-electron chi connectivity index (χ2n) is 6.33. The number of nitrogens with one attached hydrogen (secondary N) is 1. The van der Waals surface area contributed by atoms with E-state index in [1.165, 1.54) is 18.4 Å². The second-order valence-corrected chi connectivity index (χ2v) is 6.33. The van der Waals surface area contributed by atoms with E-state index in [9.17, 15) is 4.79 Å². The number of ether oxygens (including phenoxy) is 1. The van der Waals surface area contributed by atoms with Gasteiger partial charge in [0.2, 0.25) is 5.91 Å². The highest BCUT2D eigenvalue weighted by Gasteiger charge is 2.35. The third-order valence-corrected chi connectivity index (χ3v) is 4.64. The van der Waals surface area contributed by atoms with E-state index in [0.717, 1.165) is 39.0 Å². The summed E-state index contributed by atoms with van der Waals surface area (Å²) in [6.45, 7) is 3.00. The van der Waals surface area contributed by atoms with Crippen LogP contribution in [0, 0.1) is 0 Å². The van der Waals surface area contributed by atoms with E-state index in [0.29, 0.717) is 12.6 Å². The van der Waals surface area contributed by atoms with E-state index < -0.39 is 0 Å². The van der Waals surface area contributed by atoms with Crippen molar-refractivity contribution in [2.75, 3.05) is 26.3 Å². The molecule has 2 heterocycles. The van der Waals surface area contributed by atoms with Crippen LogP contribution in [0.25, 0.3) is 0 Å². The van der Waals surface area contributed by atoms with Gasteiger partial charge < -0.3 is 15.0 Å².